The van der Waals surface area contributed by atoms with E-state index in [0.29, 0.717) is 24.7 Å². The minimum Gasteiger partial charge on any atom is -0.392 e. The van der Waals surface area contributed by atoms with Crippen LogP contribution < -0.4 is 0 Å². The van der Waals surface area contributed by atoms with E-state index in [0.717, 1.165) is 12.1 Å². The zero-order valence-electron chi connectivity index (χ0n) is 12.4. The van der Waals surface area contributed by atoms with E-state index in [1.54, 1.807) is 23.7 Å². The van der Waals surface area contributed by atoms with E-state index < -0.39 is 0 Å². The average Bonchev–Trinajstić information content (AvgIpc) is 3.30. The Morgan fingerprint density at radius 3 is 2.96 bits per heavy atom. The van der Waals surface area contributed by atoms with Crippen molar-refractivity contribution in [2.75, 3.05) is 6.54 Å². The molecular weight excluding hydrogens is 312 g/mol. The molecular formula is C16H16N4O2S. The van der Waals surface area contributed by atoms with E-state index in [1.165, 1.54) is 4.88 Å². The van der Waals surface area contributed by atoms with Gasteiger partial charge in [0, 0.05) is 35.9 Å². The first kappa shape index (κ1) is 14.5. The molecule has 4 rings (SSSR count). The highest BCUT2D eigenvalue weighted by Gasteiger charge is 2.36. The quantitative estimate of drug-likeness (QED) is 0.793. The van der Waals surface area contributed by atoms with E-state index in [2.05, 4.69) is 31.5 Å². The topological polar surface area (TPSA) is 75.3 Å². The third kappa shape index (κ3) is 3.03. The molecule has 0 radical (unpaired) electrons. The summed E-state index contributed by atoms with van der Waals surface area (Å²) in [6.07, 6.45) is 3.65. The fourth-order valence-corrected chi connectivity index (χ4v) is 3.63. The number of hydrogen-bond donors (Lipinski definition) is 1. The number of aromatic nitrogens is 3. The van der Waals surface area contributed by atoms with Crippen molar-refractivity contribution in [1.29, 1.82) is 0 Å². The lowest BCUT2D eigenvalue weighted by atomic mass is 10.2. The summed E-state index contributed by atoms with van der Waals surface area (Å²) in [6, 6.07) is 7.79. The lowest BCUT2D eigenvalue weighted by Crippen LogP contribution is -2.24. The molecule has 6 nitrogen and oxygen atoms in total. The Morgan fingerprint density at radius 1 is 1.30 bits per heavy atom. The second-order valence-electron chi connectivity index (χ2n) is 5.61. The molecule has 1 N–H and O–H groups in total. The van der Waals surface area contributed by atoms with Crippen molar-refractivity contribution in [3.63, 3.8) is 0 Å². The Labute approximate surface area is 137 Å². The van der Waals surface area contributed by atoms with Gasteiger partial charge in [0.25, 0.3) is 0 Å². The predicted octanol–water partition coefficient (Wildman–Crippen LogP) is 2.50. The molecule has 23 heavy (non-hydrogen) atoms. The summed E-state index contributed by atoms with van der Waals surface area (Å²) in [7, 11) is 0. The van der Waals surface area contributed by atoms with E-state index in [4.69, 9.17) is 4.52 Å². The number of pyridine rings is 1. The summed E-state index contributed by atoms with van der Waals surface area (Å²) in [4.78, 5) is 12.0. The van der Waals surface area contributed by atoms with Crippen LogP contribution in [0, 0.1) is 0 Å². The number of β-amino-alcohol motifs (C(OH)–C–C–N with tert-alkyl or cyclic N) is 1. The van der Waals surface area contributed by atoms with Gasteiger partial charge >= 0.3 is 0 Å². The molecule has 1 fully saturated rings. The van der Waals surface area contributed by atoms with E-state index in [-0.39, 0.29) is 12.1 Å². The zero-order chi connectivity index (χ0) is 15.6. The summed E-state index contributed by atoms with van der Waals surface area (Å²) in [5.41, 5.74) is 0.873. The van der Waals surface area contributed by atoms with Gasteiger partial charge in [-0.25, -0.2) is 0 Å². The Morgan fingerprint density at radius 2 is 2.17 bits per heavy atom. The number of hydrogen-bond acceptors (Lipinski definition) is 7. The molecule has 3 aromatic heterocycles. The van der Waals surface area contributed by atoms with Crippen molar-refractivity contribution in [3.8, 4) is 11.4 Å². The van der Waals surface area contributed by atoms with Crippen molar-refractivity contribution in [2.24, 2.45) is 0 Å². The van der Waals surface area contributed by atoms with Crippen molar-refractivity contribution in [2.45, 2.75) is 25.1 Å². The largest absolute Gasteiger partial charge is 0.392 e. The monoisotopic (exact) mass is 328 g/mol. The summed E-state index contributed by atoms with van der Waals surface area (Å²) in [5, 5.41) is 16.2. The molecule has 0 aliphatic carbocycles. The summed E-state index contributed by atoms with van der Waals surface area (Å²) in [5.74, 6) is 1.12. The molecule has 0 amide bonds. The Balaban J connectivity index is 1.57. The van der Waals surface area contributed by atoms with Crippen LogP contribution in [0.1, 0.15) is 23.2 Å². The van der Waals surface area contributed by atoms with Gasteiger partial charge in [0.2, 0.25) is 11.7 Å². The van der Waals surface area contributed by atoms with Gasteiger partial charge < -0.3 is 9.63 Å². The molecule has 0 bridgehead atoms. The standard InChI is InChI=1S/C16H16N4O2S/c21-12-8-14(20(9-12)10-13-2-1-7-23-13)16-18-15(19-22-16)11-3-5-17-6-4-11/h1-7,12,14,21H,8-10H2. The van der Waals surface area contributed by atoms with Crippen LogP contribution in [0.2, 0.25) is 0 Å². The van der Waals surface area contributed by atoms with E-state index >= 15 is 0 Å². The Hall–Kier alpha value is -2.09. The van der Waals surface area contributed by atoms with E-state index in [9.17, 15) is 5.11 Å². The van der Waals surface area contributed by atoms with Gasteiger partial charge in [0.1, 0.15) is 0 Å². The number of aliphatic hydroxyl groups excluding tert-OH is 1. The zero-order valence-corrected chi connectivity index (χ0v) is 13.2. The SMILES string of the molecule is OC1CC(c2nc(-c3ccncc3)no2)N(Cc2cccs2)C1. The highest BCUT2D eigenvalue weighted by molar-refractivity contribution is 7.09. The van der Waals surface area contributed by atoms with Crippen LogP contribution in [0.15, 0.2) is 46.6 Å². The Bertz CT molecular complexity index is 760. The highest BCUT2D eigenvalue weighted by Crippen LogP contribution is 2.34. The lowest BCUT2D eigenvalue weighted by molar-refractivity contribution is 0.170. The fourth-order valence-electron chi connectivity index (χ4n) is 2.90. The van der Waals surface area contributed by atoms with Gasteiger partial charge in [-0.3, -0.25) is 9.88 Å². The molecule has 0 spiro atoms. The maximum atomic E-state index is 10.0. The van der Waals surface area contributed by atoms with Crippen LogP contribution >= 0.6 is 11.3 Å². The number of nitrogens with zero attached hydrogens (tertiary/aromatic N) is 4. The van der Waals surface area contributed by atoms with Crippen LogP contribution in [0.5, 0.6) is 0 Å². The fraction of sp³-hybridized carbons (Fsp3) is 0.312. The third-order valence-electron chi connectivity index (χ3n) is 3.99. The molecule has 3 aromatic rings. The van der Waals surface area contributed by atoms with Gasteiger partial charge in [-0.2, -0.15) is 4.98 Å². The van der Waals surface area contributed by atoms with Crippen LogP contribution in [0.4, 0.5) is 0 Å². The Kier molecular flexibility index (Phi) is 3.90. The smallest absolute Gasteiger partial charge is 0.244 e. The van der Waals surface area contributed by atoms with Crippen molar-refractivity contribution >= 4 is 11.3 Å². The van der Waals surface area contributed by atoms with Crippen LogP contribution in [-0.2, 0) is 6.54 Å². The van der Waals surface area contributed by atoms with Gasteiger partial charge in [0.15, 0.2) is 0 Å². The first-order chi connectivity index (χ1) is 11.3. The third-order valence-corrected chi connectivity index (χ3v) is 4.85. The second-order valence-corrected chi connectivity index (χ2v) is 6.64. The number of rotatable bonds is 4. The second kappa shape index (κ2) is 6.19. The van der Waals surface area contributed by atoms with Gasteiger partial charge in [-0.1, -0.05) is 11.2 Å². The molecule has 1 aliphatic heterocycles. The van der Waals surface area contributed by atoms with Crippen molar-refractivity contribution < 1.29 is 9.63 Å². The maximum absolute atomic E-state index is 10.0. The molecule has 4 heterocycles. The highest BCUT2D eigenvalue weighted by atomic mass is 32.1. The lowest BCUT2D eigenvalue weighted by Gasteiger charge is -2.20. The minimum atomic E-state index is -0.365. The number of thiophene rings is 1. The molecule has 1 saturated heterocycles. The first-order valence-corrected chi connectivity index (χ1v) is 8.36. The summed E-state index contributed by atoms with van der Waals surface area (Å²) < 4.78 is 5.47. The first-order valence-electron chi connectivity index (χ1n) is 7.48. The number of likely N-dealkylation sites (tertiary alicyclic amines) is 1. The van der Waals surface area contributed by atoms with Crippen LogP contribution in [0.3, 0.4) is 0 Å². The van der Waals surface area contributed by atoms with Crippen molar-refractivity contribution in [3.05, 3.63) is 52.8 Å². The van der Waals surface area contributed by atoms with E-state index in [1.807, 2.05) is 18.2 Å². The van der Waals surface area contributed by atoms with Gasteiger partial charge in [-0.15, -0.1) is 11.3 Å². The predicted molar refractivity (Wildman–Crippen MR) is 85.6 cm³/mol. The normalized spacial score (nSPS) is 21.8. The molecule has 0 saturated carbocycles. The van der Waals surface area contributed by atoms with Crippen LogP contribution in [-0.4, -0.2) is 37.8 Å². The molecule has 118 valence electrons. The molecule has 0 aromatic carbocycles. The molecule has 7 heteroatoms. The molecule has 2 atom stereocenters. The minimum absolute atomic E-state index is 0.0461. The summed E-state index contributed by atoms with van der Waals surface area (Å²) >= 11 is 1.71. The van der Waals surface area contributed by atoms with Crippen molar-refractivity contribution in [1.82, 2.24) is 20.0 Å². The maximum Gasteiger partial charge on any atom is 0.244 e. The van der Waals surface area contributed by atoms with Crippen LogP contribution in [0.25, 0.3) is 11.4 Å². The summed E-state index contributed by atoms with van der Waals surface area (Å²) in [6.45, 7) is 1.40. The van der Waals surface area contributed by atoms with Gasteiger partial charge in [-0.05, 0) is 30.0 Å². The number of aliphatic hydroxyl groups is 1. The molecule has 1 aliphatic rings. The van der Waals surface area contributed by atoms with Gasteiger partial charge in [0.05, 0.1) is 12.1 Å². The molecule has 2 unspecified atom stereocenters. The average molecular weight is 328 g/mol.